The van der Waals surface area contributed by atoms with Gasteiger partial charge in [-0.2, -0.15) is 0 Å². The molecule has 6 heteroatoms. The van der Waals surface area contributed by atoms with Crippen LogP contribution in [0.3, 0.4) is 0 Å². The second kappa shape index (κ2) is 9.74. The van der Waals surface area contributed by atoms with Gasteiger partial charge < -0.3 is 20.8 Å². The Morgan fingerprint density at radius 2 is 1.92 bits per heavy atom. The van der Waals surface area contributed by atoms with Crippen molar-refractivity contribution in [3.63, 3.8) is 0 Å². The Balaban J connectivity index is 0.000000355. The van der Waals surface area contributed by atoms with Crippen LogP contribution in [0.5, 0.6) is 0 Å². The van der Waals surface area contributed by atoms with Gasteiger partial charge in [0.2, 0.25) is 5.91 Å². The molecule has 2 aliphatic heterocycles. The molecule has 0 aliphatic carbocycles. The van der Waals surface area contributed by atoms with Gasteiger partial charge in [-0.25, -0.2) is 0 Å². The molecule has 1 amide bonds. The van der Waals surface area contributed by atoms with Crippen molar-refractivity contribution >= 4 is 5.91 Å². The van der Waals surface area contributed by atoms with Crippen LogP contribution in [-0.4, -0.2) is 65.4 Å². The molecule has 0 unspecified atom stereocenters. The standard InChI is InChI=1S/C14H20N2O3.C4H9N/c1-10(17)15-7-12-14(19)13(18)9-16(12)8-11-5-3-2-4-6-11;1-2-4-5-3-1/h2-6,12-14,18-19H,7-9H2,1H3,(H,15,17);5H,1-4H2/t12-,13+,14-;/m1./s1. The van der Waals surface area contributed by atoms with Crippen LogP contribution in [0.2, 0.25) is 0 Å². The first-order valence-corrected chi connectivity index (χ1v) is 8.67. The van der Waals surface area contributed by atoms with E-state index in [-0.39, 0.29) is 11.9 Å². The normalized spacial score (nSPS) is 26.7. The predicted octanol–water partition coefficient (Wildman–Crippen LogP) is 0.0985. The monoisotopic (exact) mass is 335 g/mol. The molecule has 1 aromatic carbocycles. The van der Waals surface area contributed by atoms with E-state index in [0.717, 1.165) is 5.56 Å². The second-order valence-corrected chi connectivity index (χ2v) is 6.43. The molecule has 0 radical (unpaired) electrons. The number of amides is 1. The minimum Gasteiger partial charge on any atom is -0.389 e. The van der Waals surface area contributed by atoms with Gasteiger partial charge in [-0.1, -0.05) is 30.3 Å². The predicted molar refractivity (Wildman–Crippen MR) is 93.4 cm³/mol. The van der Waals surface area contributed by atoms with Crippen molar-refractivity contribution in [1.29, 1.82) is 0 Å². The Hall–Kier alpha value is -1.47. The Bertz CT molecular complexity index is 486. The topological polar surface area (TPSA) is 84.8 Å². The Labute approximate surface area is 143 Å². The maximum Gasteiger partial charge on any atom is 0.216 e. The van der Waals surface area contributed by atoms with Crippen LogP contribution in [0.15, 0.2) is 30.3 Å². The van der Waals surface area contributed by atoms with Crippen LogP contribution >= 0.6 is 0 Å². The van der Waals surface area contributed by atoms with Crippen molar-refractivity contribution < 1.29 is 15.0 Å². The molecule has 3 rings (SSSR count). The fraction of sp³-hybridized carbons (Fsp3) is 0.611. The number of rotatable bonds is 4. The molecule has 4 N–H and O–H groups in total. The molecule has 6 nitrogen and oxygen atoms in total. The largest absolute Gasteiger partial charge is 0.389 e. The van der Waals surface area contributed by atoms with Gasteiger partial charge in [0.1, 0.15) is 0 Å². The van der Waals surface area contributed by atoms with Gasteiger partial charge in [0.15, 0.2) is 0 Å². The highest BCUT2D eigenvalue weighted by Gasteiger charge is 2.39. The molecule has 2 saturated heterocycles. The zero-order valence-corrected chi connectivity index (χ0v) is 14.3. The van der Waals surface area contributed by atoms with E-state index >= 15 is 0 Å². The van der Waals surface area contributed by atoms with Crippen LogP contribution in [0.4, 0.5) is 0 Å². The minimum absolute atomic E-state index is 0.131. The van der Waals surface area contributed by atoms with Crippen LogP contribution in [-0.2, 0) is 11.3 Å². The zero-order chi connectivity index (χ0) is 17.4. The lowest BCUT2D eigenvalue weighted by Gasteiger charge is -2.25. The van der Waals surface area contributed by atoms with Crippen LogP contribution in [0.25, 0.3) is 0 Å². The summed E-state index contributed by atoms with van der Waals surface area (Å²) in [6.07, 6.45) is 1.19. The van der Waals surface area contributed by atoms with Gasteiger partial charge in [0.25, 0.3) is 0 Å². The molecule has 0 bridgehead atoms. The maximum atomic E-state index is 11.0. The summed E-state index contributed by atoms with van der Waals surface area (Å²) in [5.41, 5.74) is 1.12. The fourth-order valence-electron chi connectivity index (χ4n) is 3.08. The second-order valence-electron chi connectivity index (χ2n) is 6.43. The third-order valence-electron chi connectivity index (χ3n) is 4.42. The van der Waals surface area contributed by atoms with E-state index in [0.29, 0.717) is 19.6 Å². The Morgan fingerprint density at radius 1 is 1.25 bits per heavy atom. The fourth-order valence-corrected chi connectivity index (χ4v) is 3.08. The van der Waals surface area contributed by atoms with Gasteiger partial charge in [0, 0.05) is 26.6 Å². The highest BCUT2D eigenvalue weighted by atomic mass is 16.3. The summed E-state index contributed by atoms with van der Waals surface area (Å²) in [5.74, 6) is -0.131. The van der Waals surface area contributed by atoms with Gasteiger partial charge >= 0.3 is 0 Å². The van der Waals surface area contributed by atoms with E-state index in [1.54, 1.807) is 0 Å². The van der Waals surface area contributed by atoms with E-state index in [4.69, 9.17) is 0 Å². The molecular weight excluding hydrogens is 306 g/mol. The lowest BCUT2D eigenvalue weighted by atomic mass is 10.1. The number of nitrogens with one attached hydrogen (secondary N) is 2. The molecule has 0 spiro atoms. The lowest BCUT2D eigenvalue weighted by Crippen LogP contribution is -2.44. The van der Waals surface area contributed by atoms with Crippen molar-refractivity contribution in [2.75, 3.05) is 26.2 Å². The number of aliphatic hydroxyl groups excluding tert-OH is 2. The Kier molecular flexibility index (Phi) is 7.65. The summed E-state index contributed by atoms with van der Waals surface area (Å²) in [6, 6.07) is 9.63. The smallest absolute Gasteiger partial charge is 0.216 e. The number of likely N-dealkylation sites (tertiary alicyclic amines) is 1. The summed E-state index contributed by atoms with van der Waals surface area (Å²) in [6.45, 7) is 5.36. The first kappa shape index (κ1) is 18.9. The number of hydrogen-bond acceptors (Lipinski definition) is 5. The molecular formula is C18H29N3O3. The van der Waals surface area contributed by atoms with E-state index in [1.807, 2.05) is 35.2 Å². The molecule has 134 valence electrons. The van der Waals surface area contributed by atoms with Crippen molar-refractivity contribution in [2.24, 2.45) is 0 Å². The number of aliphatic hydroxyl groups is 2. The van der Waals surface area contributed by atoms with Gasteiger partial charge in [-0.15, -0.1) is 0 Å². The number of nitrogens with zero attached hydrogens (tertiary/aromatic N) is 1. The van der Waals surface area contributed by atoms with Crippen LogP contribution in [0, 0.1) is 0 Å². The molecule has 2 aliphatic rings. The third-order valence-corrected chi connectivity index (χ3v) is 4.42. The number of benzene rings is 1. The average Bonchev–Trinajstić information content (AvgIpc) is 3.21. The van der Waals surface area contributed by atoms with Crippen molar-refractivity contribution in [3.05, 3.63) is 35.9 Å². The molecule has 3 atom stereocenters. The van der Waals surface area contributed by atoms with E-state index in [9.17, 15) is 15.0 Å². The van der Waals surface area contributed by atoms with E-state index < -0.39 is 12.2 Å². The van der Waals surface area contributed by atoms with E-state index in [1.165, 1.54) is 32.9 Å². The number of hydrogen-bond donors (Lipinski definition) is 4. The third kappa shape index (κ3) is 5.87. The average molecular weight is 335 g/mol. The molecule has 24 heavy (non-hydrogen) atoms. The zero-order valence-electron chi connectivity index (χ0n) is 14.3. The number of carbonyl (C=O) groups excluding carboxylic acids is 1. The first-order valence-electron chi connectivity index (χ1n) is 8.67. The van der Waals surface area contributed by atoms with Crippen molar-refractivity contribution in [1.82, 2.24) is 15.5 Å². The van der Waals surface area contributed by atoms with Gasteiger partial charge in [0.05, 0.1) is 18.2 Å². The maximum absolute atomic E-state index is 11.0. The Morgan fingerprint density at radius 3 is 2.46 bits per heavy atom. The van der Waals surface area contributed by atoms with Gasteiger partial charge in [-0.3, -0.25) is 9.69 Å². The first-order chi connectivity index (χ1) is 11.6. The number of carbonyl (C=O) groups is 1. The van der Waals surface area contributed by atoms with E-state index in [2.05, 4.69) is 10.6 Å². The summed E-state index contributed by atoms with van der Waals surface area (Å²) < 4.78 is 0. The highest BCUT2D eigenvalue weighted by molar-refractivity contribution is 5.72. The summed E-state index contributed by atoms with van der Waals surface area (Å²) in [7, 11) is 0. The molecule has 2 fully saturated rings. The number of β-amino-alcohol motifs (C(OH)–C–C–N with tert-alkyl or cyclic N) is 1. The molecule has 0 aromatic heterocycles. The SMILES string of the molecule is C1CCNC1.CC(=O)NC[C@@H]1[C@@H](O)[C@@H](O)CN1Cc1ccccc1. The minimum atomic E-state index is -0.824. The highest BCUT2D eigenvalue weighted by Crippen LogP contribution is 2.20. The summed E-state index contributed by atoms with van der Waals surface area (Å²) in [4.78, 5) is 13.0. The van der Waals surface area contributed by atoms with Gasteiger partial charge in [-0.05, 0) is 31.5 Å². The lowest BCUT2D eigenvalue weighted by molar-refractivity contribution is -0.119. The molecule has 0 saturated carbocycles. The molecule has 1 aromatic rings. The quantitative estimate of drug-likeness (QED) is 0.627. The van der Waals surface area contributed by atoms with Crippen LogP contribution < -0.4 is 10.6 Å². The summed E-state index contributed by atoms with van der Waals surface area (Å²) in [5, 5.41) is 25.7. The van der Waals surface area contributed by atoms with Crippen molar-refractivity contribution in [3.8, 4) is 0 Å². The summed E-state index contributed by atoms with van der Waals surface area (Å²) >= 11 is 0. The molecule has 2 heterocycles. The van der Waals surface area contributed by atoms with Crippen LogP contribution in [0.1, 0.15) is 25.3 Å². The van der Waals surface area contributed by atoms with Crippen molar-refractivity contribution in [2.45, 2.75) is 44.6 Å².